The molecule has 0 fully saturated rings. The summed E-state index contributed by atoms with van der Waals surface area (Å²) >= 11 is 0. The molecule has 1 rings (SSSR count). The molecule has 0 aromatic heterocycles. The molecule has 16 heavy (non-hydrogen) atoms. The van der Waals surface area contributed by atoms with E-state index in [0.29, 0.717) is 6.04 Å². The molecule has 0 aliphatic carbocycles. The predicted molar refractivity (Wildman–Crippen MR) is 71.1 cm³/mol. The Kier molecular flexibility index (Phi) is 5.89. The summed E-state index contributed by atoms with van der Waals surface area (Å²) in [7, 11) is 0. The highest BCUT2D eigenvalue weighted by molar-refractivity contribution is 5.19. The average molecular weight is 224 g/mol. The maximum atomic E-state index is 3.57. The summed E-state index contributed by atoms with van der Waals surface area (Å²) in [5.74, 6) is 0. The third-order valence-electron chi connectivity index (χ3n) is 3.35. The third-order valence-corrected chi connectivity index (χ3v) is 3.35. The van der Waals surface area contributed by atoms with Crippen LogP contribution in [0.3, 0.4) is 0 Å². The number of hydrogen-bond donors (Lipinski definition) is 1. The minimum atomic E-state index is 0.640. The topological polar surface area (TPSA) is 15.3 Å². The second kappa shape index (κ2) is 6.95. The van der Waals surface area contributed by atoms with E-state index in [2.05, 4.69) is 38.1 Å². The van der Waals surface area contributed by atoms with Gasteiger partial charge in [-0.15, -0.1) is 0 Å². The maximum Gasteiger partial charge on any atom is 0.0423 e. The fourth-order valence-corrected chi connectivity index (χ4v) is 2.59. The molecule has 0 radical (unpaired) electrons. The summed E-state index contributed by atoms with van der Waals surface area (Å²) in [5, 5.41) is 2.44. The van der Waals surface area contributed by atoms with E-state index in [9.17, 15) is 0 Å². The van der Waals surface area contributed by atoms with E-state index in [1.165, 1.54) is 38.5 Å². The highest BCUT2D eigenvalue weighted by Gasteiger charge is 2.24. The Balaban J connectivity index is 2.70. The van der Waals surface area contributed by atoms with Crippen molar-refractivity contribution in [3.8, 4) is 0 Å². The van der Waals surface area contributed by atoms with Gasteiger partial charge in [0.1, 0.15) is 0 Å². The summed E-state index contributed by atoms with van der Waals surface area (Å²) < 4.78 is 0. The number of hydrazine groups is 1. The van der Waals surface area contributed by atoms with Crippen LogP contribution in [-0.2, 0) is 0 Å². The van der Waals surface area contributed by atoms with Crippen molar-refractivity contribution in [1.29, 1.82) is 0 Å². The van der Waals surface area contributed by atoms with Crippen molar-refractivity contribution in [3.63, 3.8) is 0 Å². The van der Waals surface area contributed by atoms with Gasteiger partial charge in [-0.3, -0.25) is 0 Å². The zero-order valence-corrected chi connectivity index (χ0v) is 11.5. The van der Waals surface area contributed by atoms with Gasteiger partial charge in [-0.1, -0.05) is 40.0 Å². The van der Waals surface area contributed by atoms with Gasteiger partial charge in [-0.25, -0.2) is 5.43 Å². The van der Waals surface area contributed by atoms with E-state index in [0.717, 1.165) is 6.54 Å². The van der Waals surface area contributed by atoms with Crippen LogP contribution in [0.2, 0.25) is 0 Å². The van der Waals surface area contributed by atoms with Crippen LogP contribution in [-0.4, -0.2) is 17.6 Å². The molecule has 0 saturated carbocycles. The van der Waals surface area contributed by atoms with Crippen LogP contribution in [0.4, 0.5) is 0 Å². The summed E-state index contributed by atoms with van der Waals surface area (Å²) in [6, 6.07) is 0.640. The van der Waals surface area contributed by atoms with Gasteiger partial charge in [0.25, 0.3) is 0 Å². The van der Waals surface area contributed by atoms with Gasteiger partial charge in [0.15, 0.2) is 0 Å². The highest BCUT2D eigenvalue weighted by atomic mass is 15.5. The minimum absolute atomic E-state index is 0.640. The van der Waals surface area contributed by atoms with Crippen LogP contribution >= 0.6 is 0 Å². The zero-order chi connectivity index (χ0) is 12.0. The van der Waals surface area contributed by atoms with E-state index in [-0.39, 0.29) is 0 Å². The Morgan fingerprint density at radius 1 is 1.12 bits per heavy atom. The second-order valence-corrected chi connectivity index (χ2v) is 4.89. The van der Waals surface area contributed by atoms with Crippen LogP contribution in [0.1, 0.15) is 66.2 Å². The van der Waals surface area contributed by atoms with Crippen molar-refractivity contribution < 1.29 is 0 Å². The first-order valence-electron chi connectivity index (χ1n) is 6.98. The molecule has 1 N–H and O–H groups in total. The van der Waals surface area contributed by atoms with Gasteiger partial charge in [0.2, 0.25) is 0 Å². The number of allylic oxidation sites excluding steroid dienone is 1. The Morgan fingerprint density at radius 3 is 2.38 bits per heavy atom. The standard InChI is InChI=1S/C14H28N2/c1-5-8-12(4)16-14(10-7-3)13(9-6-2)11-15-16/h12,15H,5-11H2,1-4H3. The number of hydrogen-bond acceptors (Lipinski definition) is 2. The van der Waals surface area contributed by atoms with Gasteiger partial charge in [-0.2, -0.15) is 0 Å². The Morgan fingerprint density at radius 2 is 1.81 bits per heavy atom. The first-order chi connectivity index (χ1) is 7.74. The first kappa shape index (κ1) is 13.6. The lowest BCUT2D eigenvalue weighted by atomic mass is 10.1. The van der Waals surface area contributed by atoms with E-state index in [1.54, 1.807) is 11.3 Å². The quantitative estimate of drug-likeness (QED) is 0.706. The van der Waals surface area contributed by atoms with Crippen molar-refractivity contribution in [2.24, 2.45) is 0 Å². The molecule has 1 heterocycles. The largest absolute Gasteiger partial charge is 0.309 e. The summed E-state index contributed by atoms with van der Waals surface area (Å²) in [6.07, 6.45) is 7.55. The minimum Gasteiger partial charge on any atom is -0.309 e. The fourth-order valence-electron chi connectivity index (χ4n) is 2.59. The molecule has 1 aliphatic rings. The van der Waals surface area contributed by atoms with Crippen LogP contribution in [0.15, 0.2) is 11.3 Å². The first-order valence-corrected chi connectivity index (χ1v) is 6.98. The number of nitrogens with zero attached hydrogens (tertiary/aromatic N) is 1. The van der Waals surface area contributed by atoms with Crippen LogP contribution in [0, 0.1) is 0 Å². The molecule has 1 aliphatic heterocycles. The Labute approximate surface area is 101 Å². The molecular formula is C14H28N2. The Bertz CT molecular complexity index is 233. The molecule has 94 valence electrons. The van der Waals surface area contributed by atoms with Crippen molar-refractivity contribution in [2.45, 2.75) is 72.3 Å². The van der Waals surface area contributed by atoms with Gasteiger partial charge >= 0.3 is 0 Å². The molecule has 0 aromatic carbocycles. The maximum absolute atomic E-state index is 3.57. The molecule has 1 atom stereocenters. The number of rotatable bonds is 7. The lowest BCUT2D eigenvalue weighted by molar-refractivity contribution is 0.197. The SMILES string of the molecule is CCCC1=C(CCC)N(C(C)CCC)NC1. The highest BCUT2D eigenvalue weighted by Crippen LogP contribution is 2.26. The lowest BCUT2D eigenvalue weighted by Gasteiger charge is -2.29. The van der Waals surface area contributed by atoms with Crippen LogP contribution < -0.4 is 5.43 Å². The molecule has 2 nitrogen and oxygen atoms in total. The van der Waals surface area contributed by atoms with Crippen LogP contribution in [0.5, 0.6) is 0 Å². The monoisotopic (exact) mass is 224 g/mol. The molecule has 0 aromatic rings. The smallest absolute Gasteiger partial charge is 0.0423 e. The van der Waals surface area contributed by atoms with E-state index < -0.39 is 0 Å². The summed E-state index contributed by atoms with van der Waals surface area (Å²) in [5.41, 5.74) is 6.80. The van der Waals surface area contributed by atoms with Gasteiger partial charge in [0, 0.05) is 18.3 Å². The van der Waals surface area contributed by atoms with Gasteiger partial charge in [-0.05, 0) is 31.8 Å². The van der Waals surface area contributed by atoms with Crippen LogP contribution in [0.25, 0.3) is 0 Å². The predicted octanol–water partition coefficient (Wildman–Crippen LogP) is 3.85. The Hall–Kier alpha value is -0.500. The summed E-state index contributed by atoms with van der Waals surface area (Å²) in [6.45, 7) is 10.2. The number of nitrogens with one attached hydrogen (secondary N) is 1. The fraction of sp³-hybridized carbons (Fsp3) is 0.857. The average Bonchev–Trinajstić information content (AvgIpc) is 2.64. The van der Waals surface area contributed by atoms with Crippen molar-refractivity contribution >= 4 is 0 Å². The van der Waals surface area contributed by atoms with Gasteiger partial charge in [0.05, 0.1) is 0 Å². The molecule has 0 amide bonds. The molecule has 1 unspecified atom stereocenters. The van der Waals surface area contributed by atoms with Gasteiger partial charge < -0.3 is 5.01 Å². The third kappa shape index (κ3) is 3.24. The second-order valence-electron chi connectivity index (χ2n) is 4.89. The van der Waals surface area contributed by atoms with E-state index >= 15 is 0 Å². The molecule has 2 heteroatoms. The molecule has 0 saturated heterocycles. The molecular weight excluding hydrogens is 196 g/mol. The zero-order valence-electron chi connectivity index (χ0n) is 11.5. The van der Waals surface area contributed by atoms with Crippen molar-refractivity contribution in [1.82, 2.24) is 10.4 Å². The van der Waals surface area contributed by atoms with Crippen molar-refractivity contribution in [3.05, 3.63) is 11.3 Å². The molecule has 0 spiro atoms. The van der Waals surface area contributed by atoms with E-state index in [1.807, 2.05) is 0 Å². The normalized spacial score (nSPS) is 18.4. The van der Waals surface area contributed by atoms with Crippen molar-refractivity contribution in [2.75, 3.05) is 6.54 Å². The molecule has 0 bridgehead atoms. The van der Waals surface area contributed by atoms with E-state index in [4.69, 9.17) is 0 Å². The summed E-state index contributed by atoms with van der Waals surface area (Å²) in [4.78, 5) is 0. The lowest BCUT2D eigenvalue weighted by Crippen LogP contribution is -2.39.